The second-order valence-corrected chi connectivity index (χ2v) is 21.8. The molecule has 18 nitrogen and oxygen atoms in total. The number of hydrogen-bond acceptors (Lipinski definition) is 13. The van der Waals surface area contributed by atoms with E-state index in [1.165, 1.54) is 12.1 Å². The van der Waals surface area contributed by atoms with Gasteiger partial charge >= 0.3 is 31.1 Å². The van der Waals surface area contributed by atoms with Gasteiger partial charge in [0.25, 0.3) is 5.91 Å². The van der Waals surface area contributed by atoms with Gasteiger partial charge in [-0.1, -0.05) is 30.9 Å². The fourth-order valence-electron chi connectivity index (χ4n) is 9.41. The first-order valence-corrected chi connectivity index (χ1v) is 26.1. The van der Waals surface area contributed by atoms with E-state index in [2.05, 4.69) is 55.5 Å². The van der Waals surface area contributed by atoms with Crippen LogP contribution in [0.2, 0.25) is 0 Å². The molecular formula is C55H66F10N10O8. The van der Waals surface area contributed by atoms with E-state index < -0.39 is 115 Å². The van der Waals surface area contributed by atoms with Crippen molar-refractivity contribution in [3.63, 3.8) is 0 Å². The maximum atomic E-state index is 16.1. The Hall–Kier alpha value is -7.22. The zero-order valence-corrected chi connectivity index (χ0v) is 46.6. The first-order chi connectivity index (χ1) is 38.8. The number of likely N-dealkylation sites (N-methyl/N-ethyl adjacent to an activating group) is 1. The van der Waals surface area contributed by atoms with Gasteiger partial charge in [-0.3, -0.25) is 19.9 Å². The van der Waals surface area contributed by atoms with E-state index in [1.54, 1.807) is 23.6 Å². The molecule has 0 aliphatic carbocycles. The number of aliphatic hydroxyl groups is 1. The molecule has 4 heterocycles. The van der Waals surface area contributed by atoms with Crippen LogP contribution < -0.4 is 26.3 Å². The van der Waals surface area contributed by atoms with Crippen molar-refractivity contribution in [3.8, 4) is 23.0 Å². The number of anilines is 1. The molecular weight excluding hydrogens is 1120 g/mol. The van der Waals surface area contributed by atoms with Crippen molar-refractivity contribution in [3.05, 3.63) is 101 Å². The highest BCUT2D eigenvalue weighted by molar-refractivity contribution is 5.87. The Kier molecular flexibility index (Phi) is 21.1. The number of carbonyl (C=O) groups is 4. The molecule has 2 aromatic carbocycles. The number of nitrogens with one attached hydrogen (secondary N) is 4. The minimum absolute atomic E-state index is 0.174. The summed E-state index contributed by atoms with van der Waals surface area (Å²) in [5.41, 5.74) is -4.23. The van der Waals surface area contributed by atoms with Crippen LogP contribution >= 0.6 is 0 Å². The zero-order chi connectivity index (χ0) is 61.4. The van der Waals surface area contributed by atoms with E-state index in [4.69, 9.17) is 9.72 Å². The molecule has 6 atom stereocenters. The summed E-state index contributed by atoms with van der Waals surface area (Å²) in [5.74, 6) is 1.68. The maximum Gasteiger partial charge on any atom is 0.407 e. The Morgan fingerprint density at radius 1 is 0.807 bits per heavy atom. The summed E-state index contributed by atoms with van der Waals surface area (Å²) in [6.45, 7) is 3.15. The molecule has 2 unspecified atom stereocenters. The topological polar surface area (TPSA) is 205 Å². The van der Waals surface area contributed by atoms with Crippen molar-refractivity contribution in [2.45, 2.75) is 103 Å². The predicted molar refractivity (Wildman–Crippen MR) is 281 cm³/mol. The number of carbonyl (C=O) groups excluding carboxylic acids is 4. The van der Waals surface area contributed by atoms with Gasteiger partial charge in [-0.15, -0.1) is 0 Å². The molecule has 0 radical (unpaired) electrons. The summed E-state index contributed by atoms with van der Waals surface area (Å²) in [4.78, 5) is 62.2. The van der Waals surface area contributed by atoms with Gasteiger partial charge < -0.3 is 40.2 Å². The van der Waals surface area contributed by atoms with Crippen molar-refractivity contribution >= 4 is 29.8 Å². The van der Waals surface area contributed by atoms with Crippen LogP contribution in [0, 0.1) is 46.1 Å². The fraction of sp³-hybridized carbons (Fsp3) is 0.527. The van der Waals surface area contributed by atoms with E-state index in [1.807, 2.05) is 22.9 Å². The number of nitrogens with zero attached hydrogens (tertiary/aromatic N) is 6. The van der Waals surface area contributed by atoms with E-state index in [-0.39, 0.29) is 21.4 Å². The highest BCUT2D eigenvalue weighted by Gasteiger charge is 2.57. The smallest absolute Gasteiger partial charge is 0.407 e. The number of hydrogen-bond donors (Lipinski definition) is 5. The monoisotopic (exact) mass is 1180 g/mol. The Morgan fingerprint density at radius 3 is 1.88 bits per heavy atom. The predicted octanol–water partition coefficient (Wildman–Crippen LogP) is 7.36. The van der Waals surface area contributed by atoms with E-state index in [0.29, 0.717) is 73.8 Å². The molecule has 2 aromatic heterocycles. The molecule has 5 N–H and O–H groups in total. The first-order valence-electron chi connectivity index (χ1n) is 26.1. The quantitative estimate of drug-likeness (QED) is 0.0315. The van der Waals surface area contributed by atoms with Crippen LogP contribution in [-0.2, 0) is 36.8 Å². The van der Waals surface area contributed by atoms with Gasteiger partial charge in [0, 0.05) is 67.4 Å². The van der Waals surface area contributed by atoms with Crippen molar-refractivity contribution in [2.24, 2.45) is 22.7 Å². The van der Waals surface area contributed by atoms with Gasteiger partial charge in [0.2, 0.25) is 5.91 Å². The molecule has 2 aliphatic heterocycles. The number of pyridine rings is 1. The third-order valence-corrected chi connectivity index (χ3v) is 14.8. The number of piperidine rings is 1. The van der Waals surface area contributed by atoms with Gasteiger partial charge in [0.15, 0.2) is 0 Å². The number of methoxy groups -OCH3 is 2. The number of alkyl carbamates (subject to hydrolysis) is 2. The lowest BCUT2D eigenvalue weighted by Gasteiger charge is -2.41. The molecule has 28 heteroatoms. The van der Waals surface area contributed by atoms with Crippen LogP contribution in [0.25, 0.3) is 11.1 Å². The van der Waals surface area contributed by atoms with Crippen molar-refractivity contribution in [1.29, 1.82) is 0 Å². The summed E-state index contributed by atoms with van der Waals surface area (Å²) in [5, 5.41) is 22.0. The van der Waals surface area contributed by atoms with E-state index >= 15 is 8.78 Å². The first kappa shape index (κ1) is 64.9. The van der Waals surface area contributed by atoms with Crippen LogP contribution in [0.5, 0.6) is 0 Å². The molecule has 83 heavy (non-hydrogen) atoms. The lowest BCUT2D eigenvalue weighted by atomic mass is 9.82. The van der Waals surface area contributed by atoms with Gasteiger partial charge in [-0.25, -0.2) is 33.0 Å². The van der Waals surface area contributed by atoms with Crippen LogP contribution in [0.3, 0.4) is 0 Å². The molecule has 2 aliphatic rings. The van der Waals surface area contributed by atoms with Gasteiger partial charge in [0.05, 0.1) is 62.6 Å². The van der Waals surface area contributed by atoms with Crippen molar-refractivity contribution < 1.29 is 82.4 Å². The lowest BCUT2D eigenvalue weighted by Crippen LogP contribution is -2.63. The van der Waals surface area contributed by atoms with Crippen molar-refractivity contribution in [2.75, 3.05) is 65.6 Å². The zero-order valence-electron chi connectivity index (χ0n) is 46.6. The molecule has 0 bridgehead atoms. The third kappa shape index (κ3) is 16.5. The molecule has 2 saturated heterocycles. The Morgan fingerprint density at radius 2 is 1.37 bits per heavy atom. The van der Waals surface area contributed by atoms with E-state index in [9.17, 15) is 59.4 Å². The van der Waals surface area contributed by atoms with Crippen LogP contribution in [-0.4, -0.2) is 157 Å². The number of rotatable bonds is 21. The minimum Gasteiger partial charge on any atom is -0.453 e. The number of halogens is 10. The highest BCUT2D eigenvalue weighted by Crippen LogP contribution is 2.42. The summed E-state index contributed by atoms with van der Waals surface area (Å²) >= 11 is 0. The number of amides is 4. The van der Waals surface area contributed by atoms with Crippen LogP contribution in [0.1, 0.15) is 69.8 Å². The molecule has 4 amide bonds. The largest absolute Gasteiger partial charge is 0.453 e. The maximum absolute atomic E-state index is 16.1. The summed E-state index contributed by atoms with van der Waals surface area (Å²) in [7, 11) is 3.72. The van der Waals surface area contributed by atoms with Gasteiger partial charge in [-0.2, -0.15) is 40.2 Å². The normalized spacial score (nSPS) is 17.6. The lowest BCUT2D eigenvalue weighted by molar-refractivity contribution is -0.221. The number of alkyl halides is 8. The molecule has 454 valence electrons. The standard InChI is InChI=1S/C55H66F10N10O8/c1-31-17-35(24-72(6)38-29-83-30-38)25-73(23-31)44-16-15-34(21-66-44)14-11-32-9-12-33(13-10-32)18-42(68-47(77)45(69-50(79)81-7)52(2,3)54(60,61)62)43(76)28-74(71-48(78)46(70-51(80)82-8)53(4,5)55(63,64)65)27-39-40(56)19-36(20-41(39)57)37-22-67-75(26-37)49(58)59/h9-10,12-13,15-16,19-22,26,31,35,38,42-43,45-46,49,76H,17-18,23-25,27-30H2,1-8H3,(H,68,77)(H,69,79)(H,70,80)(H,71,78)/t31?,35?,42-,43-,45+,46+/m0/s1. The van der Waals surface area contributed by atoms with Gasteiger partial charge in [-0.05, 0) is 107 Å². The summed E-state index contributed by atoms with van der Waals surface area (Å²) in [6, 6.07) is 4.78. The van der Waals surface area contributed by atoms with Gasteiger partial charge in [0.1, 0.15) is 29.5 Å². The highest BCUT2D eigenvalue weighted by atomic mass is 19.4. The molecule has 6 rings (SSSR count). The Labute approximate surface area is 472 Å². The Bertz CT molecular complexity index is 2930. The average Bonchev–Trinajstić information content (AvgIpc) is 3.93. The van der Waals surface area contributed by atoms with E-state index in [0.717, 1.165) is 71.7 Å². The van der Waals surface area contributed by atoms with Crippen molar-refractivity contribution in [1.82, 2.24) is 46.0 Å². The number of aliphatic hydroxyl groups excluding tert-OH is 1. The number of hydrazine groups is 1. The summed E-state index contributed by atoms with van der Waals surface area (Å²) in [6.07, 6.45) is -11.6. The second-order valence-electron chi connectivity index (χ2n) is 21.8. The third-order valence-electron chi connectivity index (χ3n) is 14.8. The number of benzene rings is 2. The molecule has 0 saturated carbocycles. The number of aromatic nitrogens is 3. The molecule has 4 aromatic rings. The van der Waals surface area contributed by atoms with Crippen LogP contribution in [0.15, 0.2) is 67.1 Å². The Balaban J connectivity index is 1.31. The van der Waals surface area contributed by atoms with Crippen LogP contribution in [0.4, 0.5) is 59.3 Å². The molecule has 0 spiro atoms. The minimum atomic E-state index is -5.23. The molecule has 2 fully saturated rings. The fourth-order valence-corrected chi connectivity index (χ4v) is 9.41. The SMILES string of the molecule is COC(=O)N[C@H](C(=O)N[C@@H](Cc1ccc(C#Cc2ccc(N3CC(C)CC(CN(C)C4COC4)C3)nc2)cc1)[C@@H](O)CN(Cc1c(F)cc(-c2cnn(C(F)F)c2)cc1F)NC(=O)[C@@H](NC(=O)OC)C(C)(C)C(F)(F)F)C(C)(C)C(F)(F)F. The average molecular weight is 1190 g/mol. The summed E-state index contributed by atoms with van der Waals surface area (Å²) < 4.78 is 161. The number of ether oxygens (including phenoxy) is 3. The second kappa shape index (κ2) is 27.0.